The van der Waals surface area contributed by atoms with Gasteiger partial charge < -0.3 is 24.9 Å². The molecule has 1 heterocycles. The van der Waals surface area contributed by atoms with Crippen LogP contribution in [-0.2, 0) is 9.63 Å². The summed E-state index contributed by atoms with van der Waals surface area (Å²) in [6.07, 6.45) is 0.0216. The first-order valence-electron chi connectivity index (χ1n) is 9.86. The summed E-state index contributed by atoms with van der Waals surface area (Å²) in [5.41, 5.74) is 0.582. The van der Waals surface area contributed by atoms with Gasteiger partial charge >= 0.3 is 0 Å². The van der Waals surface area contributed by atoms with Crippen molar-refractivity contribution in [3.63, 3.8) is 0 Å². The fourth-order valence-electron chi connectivity index (χ4n) is 3.24. The maximum Gasteiger partial charge on any atom is 0.294 e. The molecular weight excluding hydrogens is 378 g/mol. The fourth-order valence-corrected chi connectivity index (χ4v) is 3.24. The van der Waals surface area contributed by atoms with E-state index in [2.05, 4.69) is 10.2 Å². The van der Waals surface area contributed by atoms with Crippen LogP contribution in [0.2, 0.25) is 0 Å². The summed E-state index contributed by atoms with van der Waals surface area (Å²) in [7, 11) is 0. The third-order valence-electron chi connectivity index (χ3n) is 4.87. The first-order valence-corrected chi connectivity index (χ1v) is 9.86. The zero-order chi connectivity index (χ0) is 21.4. The Balaban J connectivity index is 1.70. The van der Waals surface area contributed by atoms with Crippen LogP contribution in [0.15, 0.2) is 24.3 Å². The number of hydrogen-bond acceptors (Lipinski definition) is 7. The summed E-state index contributed by atoms with van der Waals surface area (Å²) in [5.74, 6) is 0.690. The van der Waals surface area contributed by atoms with Crippen molar-refractivity contribution in [2.75, 3.05) is 26.2 Å². The van der Waals surface area contributed by atoms with Crippen molar-refractivity contribution < 1.29 is 24.6 Å². The molecule has 1 fully saturated rings. The van der Waals surface area contributed by atoms with Gasteiger partial charge in [0, 0.05) is 31.6 Å². The molecule has 2 N–H and O–H groups in total. The standard InChI is InChI=1S/C20H31N3O6/c1-15-5-4-6-18(11-15)28-14-16(24)13-21-20(2,3)12-19(25)22-9-7-17(8-10-22)29-23(26)27/h4-6,11,16-17,21,24H,7-10,12-14H2,1-3H3. The van der Waals surface area contributed by atoms with Crippen LogP contribution in [0.25, 0.3) is 0 Å². The molecule has 0 spiro atoms. The summed E-state index contributed by atoms with van der Waals surface area (Å²) in [6, 6.07) is 7.62. The normalized spacial score (nSPS) is 16.3. The second-order valence-electron chi connectivity index (χ2n) is 8.13. The highest BCUT2D eigenvalue weighted by Gasteiger charge is 2.29. The molecule has 1 aliphatic heterocycles. The van der Waals surface area contributed by atoms with Crippen LogP contribution >= 0.6 is 0 Å². The Kier molecular flexibility index (Phi) is 8.21. The summed E-state index contributed by atoms with van der Waals surface area (Å²) >= 11 is 0. The van der Waals surface area contributed by atoms with Crippen molar-refractivity contribution in [2.24, 2.45) is 0 Å². The minimum atomic E-state index is -0.775. The van der Waals surface area contributed by atoms with Crippen molar-refractivity contribution in [2.45, 2.75) is 57.8 Å². The van der Waals surface area contributed by atoms with Gasteiger partial charge in [-0.2, -0.15) is 0 Å². The number of nitrogens with one attached hydrogen (secondary N) is 1. The van der Waals surface area contributed by atoms with Crippen LogP contribution in [0.4, 0.5) is 0 Å². The van der Waals surface area contributed by atoms with Crippen LogP contribution in [-0.4, -0.2) is 65.0 Å². The van der Waals surface area contributed by atoms with E-state index >= 15 is 0 Å². The second kappa shape index (κ2) is 10.4. The number of aliphatic hydroxyl groups is 1. The first kappa shape index (κ1) is 22.9. The highest BCUT2D eigenvalue weighted by atomic mass is 17.0. The van der Waals surface area contributed by atoms with Gasteiger partial charge in [0.25, 0.3) is 5.09 Å². The van der Waals surface area contributed by atoms with Crippen LogP contribution in [0, 0.1) is 17.0 Å². The molecule has 9 heteroatoms. The Morgan fingerprint density at radius 2 is 2.10 bits per heavy atom. The summed E-state index contributed by atoms with van der Waals surface area (Å²) in [6.45, 7) is 7.13. The number of rotatable bonds is 10. The minimum absolute atomic E-state index is 0.0208. The van der Waals surface area contributed by atoms with Crippen LogP contribution in [0.1, 0.15) is 38.7 Å². The molecule has 1 aromatic rings. The van der Waals surface area contributed by atoms with Gasteiger partial charge in [0.2, 0.25) is 5.91 Å². The van der Waals surface area contributed by atoms with E-state index in [0.717, 1.165) is 5.56 Å². The lowest BCUT2D eigenvalue weighted by atomic mass is 9.98. The molecule has 0 aromatic heterocycles. The number of aliphatic hydroxyl groups excluding tert-OH is 1. The van der Waals surface area contributed by atoms with Gasteiger partial charge in [-0.3, -0.25) is 4.79 Å². The molecule has 1 atom stereocenters. The molecular formula is C20H31N3O6. The highest BCUT2D eigenvalue weighted by molar-refractivity contribution is 5.77. The lowest BCUT2D eigenvalue weighted by Gasteiger charge is -2.34. The molecule has 29 heavy (non-hydrogen) atoms. The molecule has 0 saturated carbocycles. The quantitative estimate of drug-likeness (QED) is 0.446. The fraction of sp³-hybridized carbons (Fsp3) is 0.650. The van der Waals surface area contributed by atoms with Crippen molar-refractivity contribution in [1.29, 1.82) is 0 Å². The summed E-state index contributed by atoms with van der Waals surface area (Å²) in [5, 5.41) is 23.0. The first-order chi connectivity index (χ1) is 13.6. The third-order valence-corrected chi connectivity index (χ3v) is 4.87. The molecule has 1 unspecified atom stereocenters. The van der Waals surface area contributed by atoms with E-state index in [1.807, 2.05) is 45.0 Å². The zero-order valence-corrected chi connectivity index (χ0v) is 17.3. The third kappa shape index (κ3) is 8.25. The van der Waals surface area contributed by atoms with Crippen LogP contribution in [0.3, 0.4) is 0 Å². The average molecular weight is 409 g/mol. The maximum absolute atomic E-state index is 12.6. The van der Waals surface area contributed by atoms with E-state index in [4.69, 9.17) is 4.74 Å². The minimum Gasteiger partial charge on any atom is -0.491 e. The van der Waals surface area contributed by atoms with Crippen LogP contribution < -0.4 is 10.1 Å². The molecule has 0 aliphatic carbocycles. The van der Waals surface area contributed by atoms with Crippen LogP contribution in [0.5, 0.6) is 5.75 Å². The van der Waals surface area contributed by atoms with Gasteiger partial charge in [-0.15, -0.1) is 10.1 Å². The molecule has 1 saturated heterocycles. The molecule has 9 nitrogen and oxygen atoms in total. The predicted octanol–water partition coefficient (Wildman–Crippen LogP) is 1.69. The largest absolute Gasteiger partial charge is 0.491 e. The van der Waals surface area contributed by atoms with E-state index < -0.39 is 22.8 Å². The van der Waals surface area contributed by atoms with Gasteiger partial charge in [-0.25, -0.2) is 0 Å². The molecule has 1 aliphatic rings. The molecule has 2 rings (SSSR count). The Morgan fingerprint density at radius 1 is 1.41 bits per heavy atom. The monoisotopic (exact) mass is 409 g/mol. The van der Waals surface area contributed by atoms with Crippen molar-refractivity contribution in [3.05, 3.63) is 39.9 Å². The zero-order valence-electron chi connectivity index (χ0n) is 17.3. The molecule has 0 radical (unpaired) electrons. The van der Waals surface area contributed by atoms with Crippen molar-refractivity contribution >= 4 is 5.91 Å². The molecule has 1 aromatic carbocycles. The number of carbonyl (C=O) groups is 1. The number of carbonyl (C=O) groups excluding carboxylic acids is 1. The number of piperidine rings is 1. The van der Waals surface area contributed by atoms with Crippen molar-refractivity contribution in [1.82, 2.24) is 10.2 Å². The van der Waals surface area contributed by atoms with Crippen molar-refractivity contribution in [3.8, 4) is 5.75 Å². The van der Waals surface area contributed by atoms with E-state index in [0.29, 0.717) is 38.2 Å². The number of likely N-dealkylation sites (tertiary alicyclic amines) is 1. The Morgan fingerprint density at radius 3 is 2.72 bits per heavy atom. The lowest BCUT2D eigenvalue weighted by molar-refractivity contribution is -0.769. The number of β-amino-alcohol motifs (C(OH)–C–C–N with tert-alkyl or cyclic N) is 1. The second-order valence-corrected chi connectivity index (χ2v) is 8.13. The Labute approximate surface area is 171 Å². The number of ether oxygens (including phenoxy) is 1. The number of aryl methyl sites for hydroxylation is 1. The van der Waals surface area contributed by atoms with Gasteiger partial charge in [-0.05, 0) is 51.3 Å². The Bertz CT molecular complexity index is 689. The topological polar surface area (TPSA) is 114 Å². The Hall–Kier alpha value is -2.39. The van der Waals surface area contributed by atoms with E-state index in [1.54, 1.807) is 4.90 Å². The van der Waals surface area contributed by atoms with Gasteiger partial charge in [0.1, 0.15) is 24.6 Å². The number of amides is 1. The summed E-state index contributed by atoms with van der Waals surface area (Å²) < 4.78 is 5.60. The lowest BCUT2D eigenvalue weighted by Crippen LogP contribution is -2.49. The van der Waals surface area contributed by atoms with E-state index in [-0.39, 0.29) is 18.9 Å². The predicted molar refractivity (Wildman–Crippen MR) is 107 cm³/mol. The van der Waals surface area contributed by atoms with Gasteiger partial charge in [0.15, 0.2) is 0 Å². The average Bonchev–Trinajstić information content (AvgIpc) is 2.64. The van der Waals surface area contributed by atoms with Gasteiger partial charge in [-0.1, -0.05) is 12.1 Å². The number of benzene rings is 1. The summed E-state index contributed by atoms with van der Waals surface area (Å²) in [4.78, 5) is 29.2. The number of hydrogen-bond donors (Lipinski definition) is 2. The molecule has 1 amide bonds. The molecule has 162 valence electrons. The smallest absolute Gasteiger partial charge is 0.294 e. The van der Waals surface area contributed by atoms with Gasteiger partial charge in [0.05, 0.1) is 0 Å². The molecule has 0 bridgehead atoms. The maximum atomic E-state index is 12.6. The van der Waals surface area contributed by atoms with E-state index in [9.17, 15) is 20.0 Å². The highest BCUT2D eigenvalue weighted by Crippen LogP contribution is 2.18. The van der Waals surface area contributed by atoms with E-state index in [1.165, 1.54) is 0 Å². The SMILES string of the molecule is Cc1cccc(OCC(O)CNC(C)(C)CC(=O)N2CCC(O[N+](=O)[O-])CC2)c1. The number of nitrogens with zero attached hydrogens (tertiary/aromatic N) is 2.